The predicted octanol–water partition coefficient (Wildman–Crippen LogP) is 2.37. The zero-order valence-electron chi connectivity index (χ0n) is 21.4. The van der Waals surface area contributed by atoms with Gasteiger partial charge in [0.05, 0.1) is 24.7 Å². The van der Waals surface area contributed by atoms with E-state index in [1.54, 1.807) is 31.2 Å². The van der Waals surface area contributed by atoms with Crippen molar-refractivity contribution in [1.29, 1.82) is 0 Å². The predicted molar refractivity (Wildman–Crippen MR) is 143 cm³/mol. The first-order valence-electron chi connectivity index (χ1n) is 12.6. The van der Waals surface area contributed by atoms with E-state index >= 15 is 0 Å². The molecule has 0 aliphatic carbocycles. The van der Waals surface area contributed by atoms with Crippen molar-refractivity contribution in [3.8, 4) is 0 Å². The molecule has 0 aromatic heterocycles. The molecule has 0 radical (unpaired) electrons. The molecule has 0 bridgehead atoms. The van der Waals surface area contributed by atoms with Crippen molar-refractivity contribution in [2.75, 3.05) is 40.4 Å². The fraction of sp³-hybridized carbons (Fsp3) is 0.379. The van der Waals surface area contributed by atoms with Crippen molar-refractivity contribution in [2.24, 2.45) is 5.73 Å². The summed E-state index contributed by atoms with van der Waals surface area (Å²) in [5.74, 6) is -0.552. The molecule has 2 amide bonds. The van der Waals surface area contributed by atoms with Gasteiger partial charge in [-0.3, -0.25) is 14.5 Å². The van der Waals surface area contributed by atoms with Crippen molar-refractivity contribution >= 4 is 22.6 Å². The Morgan fingerprint density at radius 2 is 1.73 bits per heavy atom. The van der Waals surface area contributed by atoms with Gasteiger partial charge in [0, 0.05) is 33.8 Å². The van der Waals surface area contributed by atoms with Gasteiger partial charge < -0.3 is 20.7 Å². The maximum Gasteiger partial charge on any atom is 0.240 e. The molecule has 3 aromatic carbocycles. The number of carbonyl (C=O) groups excluding carboxylic acids is 2. The second kappa shape index (κ2) is 12.3. The minimum Gasteiger partial charge on any atom is -0.382 e. The number of methoxy groups -OCH3 is 1. The number of hydrogen-bond donors (Lipinski definition) is 2. The lowest BCUT2D eigenvalue weighted by molar-refractivity contribution is -0.141. The Kier molecular flexibility index (Phi) is 8.87. The number of halogens is 1. The molecule has 3 unspecified atom stereocenters. The third-order valence-electron chi connectivity index (χ3n) is 7.08. The highest BCUT2D eigenvalue weighted by molar-refractivity contribution is 5.85. The van der Waals surface area contributed by atoms with Crippen LogP contribution in [0.5, 0.6) is 0 Å². The first kappa shape index (κ1) is 26.7. The Bertz CT molecular complexity index is 1220. The van der Waals surface area contributed by atoms with Gasteiger partial charge in [-0.2, -0.15) is 0 Å². The molecule has 7 nitrogen and oxygen atoms in total. The zero-order valence-corrected chi connectivity index (χ0v) is 21.4. The summed E-state index contributed by atoms with van der Waals surface area (Å²) in [5.41, 5.74) is 8.17. The standard InChI is InChI=1S/C29H35FN4O3/c1-32-28(35)27(17-21-7-10-22-5-3-4-6-23(22)15-21)33-13-14-34(25(18-33)19-37-2)29(36)26(31)16-20-8-11-24(30)12-9-20/h3-12,15,25-27H,13-14,16-19,31H2,1-2H3,(H,32,35). The maximum absolute atomic E-state index is 13.3. The first-order valence-corrected chi connectivity index (χ1v) is 12.6. The average molecular weight is 507 g/mol. The smallest absolute Gasteiger partial charge is 0.240 e. The van der Waals surface area contributed by atoms with Gasteiger partial charge in [0.2, 0.25) is 11.8 Å². The second-order valence-corrected chi connectivity index (χ2v) is 9.59. The van der Waals surface area contributed by atoms with Gasteiger partial charge in [0.25, 0.3) is 0 Å². The molecule has 3 N–H and O–H groups in total. The quantitative estimate of drug-likeness (QED) is 0.465. The van der Waals surface area contributed by atoms with Gasteiger partial charge in [0.1, 0.15) is 5.82 Å². The lowest BCUT2D eigenvalue weighted by atomic mass is 9.98. The van der Waals surface area contributed by atoms with Crippen LogP contribution in [0.25, 0.3) is 10.8 Å². The summed E-state index contributed by atoms with van der Waals surface area (Å²) in [6.45, 7) is 1.81. The van der Waals surface area contributed by atoms with Gasteiger partial charge in [-0.15, -0.1) is 0 Å². The number of nitrogens with two attached hydrogens (primary N) is 1. The number of nitrogens with zero attached hydrogens (tertiary/aromatic N) is 2. The van der Waals surface area contributed by atoms with Gasteiger partial charge >= 0.3 is 0 Å². The minimum absolute atomic E-state index is 0.0582. The van der Waals surface area contributed by atoms with Crippen molar-refractivity contribution in [1.82, 2.24) is 15.1 Å². The summed E-state index contributed by atoms with van der Waals surface area (Å²) in [6, 6.07) is 19.1. The van der Waals surface area contributed by atoms with E-state index in [0.717, 1.165) is 21.9 Å². The van der Waals surface area contributed by atoms with E-state index in [1.807, 2.05) is 12.1 Å². The van der Waals surface area contributed by atoms with E-state index in [4.69, 9.17) is 10.5 Å². The van der Waals surface area contributed by atoms with Crippen LogP contribution in [0.15, 0.2) is 66.7 Å². The van der Waals surface area contributed by atoms with Crippen LogP contribution in [0.4, 0.5) is 4.39 Å². The molecule has 4 rings (SSSR count). The van der Waals surface area contributed by atoms with Gasteiger partial charge in [-0.25, -0.2) is 4.39 Å². The van der Waals surface area contributed by atoms with E-state index < -0.39 is 6.04 Å². The highest BCUT2D eigenvalue weighted by Crippen LogP contribution is 2.21. The molecule has 3 aromatic rings. The summed E-state index contributed by atoms with van der Waals surface area (Å²) in [4.78, 5) is 30.2. The Hall–Kier alpha value is -3.33. The van der Waals surface area contributed by atoms with Crippen molar-refractivity contribution < 1.29 is 18.7 Å². The number of fused-ring (bicyclic) bond motifs is 1. The number of ether oxygens (including phenoxy) is 1. The minimum atomic E-state index is -0.747. The van der Waals surface area contributed by atoms with Crippen LogP contribution < -0.4 is 11.1 Å². The Balaban J connectivity index is 1.47. The lowest BCUT2D eigenvalue weighted by Crippen LogP contribution is -2.63. The van der Waals surface area contributed by atoms with Gasteiger partial charge in [0.15, 0.2) is 0 Å². The van der Waals surface area contributed by atoms with Gasteiger partial charge in [-0.1, -0.05) is 54.6 Å². The summed E-state index contributed by atoms with van der Waals surface area (Å²) in [6.07, 6.45) is 0.879. The lowest BCUT2D eigenvalue weighted by Gasteiger charge is -2.44. The van der Waals surface area contributed by atoms with Crippen LogP contribution in [0, 0.1) is 5.82 Å². The Morgan fingerprint density at radius 3 is 2.43 bits per heavy atom. The molecular weight excluding hydrogens is 471 g/mol. The largest absolute Gasteiger partial charge is 0.382 e. The number of amides is 2. The second-order valence-electron chi connectivity index (χ2n) is 9.59. The average Bonchev–Trinajstić information content (AvgIpc) is 2.92. The third kappa shape index (κ3) is 6.52. The highest BCUT2D eigenvalue weighted by Gasteiger charge is 2.37. The first-order chi connectivity index (χ1) is 17.9. The molecule has 8 heteroatoms. The molecule has 196 valence electrons. The van der Waals surface area contributed by atoms with E-state index in [0.29, 0.717) is 39.1 Å². The number of rotatable bonds is 9. The summed E-state index contributed by atoms with van der Waals surface area (Å²) >= 11 is 0. The number of benzene rings is 3. The number of piperazine rings is 1. The van der Waals surface area contributed by atoms with E-state index in [-0.39, 0.29) is 29.7 Å². The van der Waals surface area contributed by atoms with Crippen LogP contribution in [0.3, 0.4) is 0 Å². The third-order valence-corrected chi connectivity index (χ3v) is 7.08. The number of carbonyl (C=O) groups is 2. The zero-order chi connectivity index (χ0) is 26.4. The molecular formula is C29H35FN4O3. The number of nitrogens with one attached hydrogen (secondary N) is 1. The van der Waals surface area contributed by atoms with Crippen LogP contribution in [-0.4, -0.2) is 80.1 Å². The van der Waals surface area contributed by atoms with E-state index in [2.05, 4.69) is 40.5 Å². The Morgan fingerprint density at radius 1 is 1.03 bits per heavy atom. The topological polar surface area (TPSA) is 87.9 Å². The molecule has 1 saturated heterocycles. The maximum atomic E-state index is 13.3. The number of hydrogen-bond acceptors (Lipinski definition) is 5. The van der Waals surface area contributed by atoms with E-state index in [1.165, 1.54) is 12.1 Å². The highest BCUT2D eigenvalue weighted by atomic mass is 19.1. The fourth-order valence-electron chi connectivity index (χ4n) is 5.11. The molecule has 1 aliphatic rings. The monoisotopic (exact) mass is 506 g/mol. The molecule has 1 fully saturated rings. The normalized spacial score (nSPS) is 17.9. The van der Waals surface area contributed by atoms with Crippen LogP contribution in [0.2, 0.25) is 0 Å². The van der Waals surface area contributed by atoms with Crippen molar-refractivity contribution in [3.05, 3.63) is 83.7 Å². The summed E-state index contributed by atoms with van der Waals surface area (Å²) < 4.78 is 18.7. The Labute approximate surface area is 217 Å². The molecule has 0 spiro atoms. The van der Waals surface area contributed by atoms with Crippen LogP contribution in [0.1, 0.15) is 11.1 Å². The van der Waals surface area contributed by atoms with E-state index in [9.17, 15) is 14.0 Å². The molecule has 37 heavy (non-hydrogen) atoms. The molecule has 1 aliphatic heterocycles. The molecule has 3 atom stereocenters. The van der Waals surface area contributed by atoms with Crippen molar-refractivity contribution in [2.45, 2.75) is 31.0 Å². The number of likely N-dealkylation sites (N-methyl/N-ethyl adjacent to an activating group) is 1. The SMILES string of the molecule is CNC(=O)C(Cc1ccc2ccccc2c1)N1CCN(C(=O)C(N)Cc2ccc(F)cc2)C(COC)C1. The molecule has 0 saturated carbocycles. The summed E-state index contributed by atoms with van der Waals surface area (Å²) in [5, 5.41) is 5.11. The fourth-order valence-corrected chi connectivity index (χ4v) is 5.11. The summed E-state index contributed by atoms with van der Waals surface area (Å²) in [7, 11) is 3.25. The molecule has 1 heterocycles. The van der Waals surface area contributed by atoms with Crippen molar-refractivity contribution in [3.63, 3.8) is 0 Å². The van der Waals surface area contributed by atoms with Gasteiger partial charge in [-0.05, 0) is 46.9 Å². The van der Waals surface area contributed by atoms with Crippen LogP contribution in [-0.2, 0) is 27.2 Å². The van der Waals surface area contributed by atoms with Crippen LogP contribution >= 0.6 is 0 Å².